The van der Waals surface area contributed by atoms with Crippen LogP contribution in [0.1, 0.15) is 44.5 Å². The van der Waals surface area contributed by atoms with Crippen LogP contribution in [0.5, 0.6) is 0 Å². The summed E-state index contributed by atoms with van der Waals surface area (Å²) in [5.41, 5.74) is 18.0. The summed E-state index contributed by atoms with van der Waals surface area (Å²) < 4.78 is 2.31. The molecule has 42 heavy (non-hydrogen) atoms. The van der Waals surface area contributed by atoms with E-state index in [-0.39, 0.29) is 6.71 Å². The minimum atomic E-state index is 0.127. The molecule has 6 rings (SSSR count). The zero-order valence-corrected chi connectivity index (χ0v) is 27.2. The number of hydrogen-bond donors (Lipinski definition) is 0. The molecular formula is C38H36BCl2N. The lowest BCUT2D eigenvalue weighted by Crippen LogP contribution is -2.57. The van der Waals surface area contributed by atoms with Crippen LogP contribution < -0.4 is 16.4 Å². The highest BCUT2D eigenvalue weighted by Gasteiger charge is 2.31. The largest absolute Gasteiger partial charge is 0.309 e. The Balaban J connectivity index is 1.66. The minimum Gasteiger partial charge on any atom is -0.309 e. The summed E-state index contributed by atoms with van der Waals surface area (Å²) in [5, 5.41) is 3.78. The molecule has 5 aromatic carbocycles. The molecule has 0 amide bonds. The van der Waals surface area contributed by atoms with E-state index < -0.39 is 0 Å². The van der Waals surface area contributed by atoms with E-state index in [1.165, 1.54) is 71.7 Å². The minimum absolute atomic E-state index is 0.127. The van der Waals surface area contributed by atoms with Crippen molar-refractivity contribution in [2.45, 2.75) is 55.4 Å². The van der Waals surface area contributed by atoms with Gasteiger partial charge in [0.15, 0.2) is 0 Å². The molecule has 1 aromatic heterocycles. The van der Waals surface area contributed by atoms with Crippen LogP contribution in [0.4, 0.5) is 0 Å². The molecule has 4 heteroatoms. The maximum atomic E-state index is 6.54. The Morgan fingerprint density at radius 2 is 0.786 bits per heavy atom. The number of fused-ring (bicyclic) bond motifs is 3. The monoisotopic (exact) mass is 587 g/mol. The van der Waals surface area contributed by atoms with Crippen LogP contribution in [0.3, 0.4) is 0 Å². The van der Waals surface area contributed by atoms with Crippen molar-refractivity contribution in [1.29, 1.82) is 0 Å². The third kappa shape index (κ3) is 4.75. The molecule has 0 aliphatic heterocycles. The molecule has 6 aromatic rings. The molecular weight excluding hydrogens is 552 g/mol. The van der Waals surface area contributed by atoms with Crippen molar-refractivity contribution >= 4 is 68.1 Å². The molecule has 0 aliphatic rings. The zero-order valence-electron chi connectivity index (χ0n) is 25.7. The van der Waals surface area contributed by atoms with Gasteiger partial charge in [0.1, 0.15) is 0 Å². The first-order valence-corrected chi connectivity index (χ1v) is 15.4. The van der Waals surface area contributed by atoms with Gasteiger partial charge in [0.2, 0.25) is 6.71 Å². The molecule has 0 unspecified atom stereocenters. The number of nitrogens with zero attached hydrogens (tertiary/aromatic N) is 1. The van der Waals surface area contributed by atoms with Crippen LogP contribution in [-0.2, 0) is 0 Å². The Bertz CT molecular complexity index is 1860. The van der Waals surface area contributed by atoms with E-state index in [1.807, 2.05) is 12.1 Å². The first-order valence-electron chi connectivity index (χ1n) is 14.6. The smallest absolute Gasteiger partial charge is 0.243 e. The molecule has 0 fully saturated rings. The highest BCUT2D eigenvalue weighted by Crippen LogP contribution is 2.35. The topological polar surface area (TPSA) is 4.93 Å². The van der Waals surface area contributed by atoms with Crippen LogP contribution in [0, 0.1) is 55.4 Å². The summed E-state index contributed by atoms with van der Waals surface area (Å²) in [7, 11) is 0. The van der Waals surface area contributed by atoms with E-state index >= 15 is 0 Å². The Labute approximate surface area is 260 Å². The van der Waals surface area contributed by atoms with Crippen molar-refractivity contribution in [2.75, 3.05) is 0 Å². The third-order valence-corrected chi connectivity index (χ3v) is 9.34. The maximum Gasteiger partial charge on any atom is 0.243 e. The van der Waals surface area contributed by atoms with Crippen LogP contribution in [0.25, 0.3) is 27.5 Å². The van der Waals surface area contributed by atoms with E-state index in [0.717, 1.165) is 26.8 Å². The van der Waals surface area contributed by atoms with E-state index in [9.17, 15) is 0 Å². The van der Waals surface area contributed by atoms with Gasteiger partial charge in [-0.05, 0) is 91.8 Å². The summed E-state index contributed by atoms with van der Waals surface area (Å²) in [6.07, 6.45) is 0. The second kappa shape index (κ2) is 10.7. The van der Waals surface area contributed by atoms with E-state index in [4.69, 9.17) is 23.2 Å². The van der Waals surface area contributed by atoms with E-state index in [2.05, 4.69) is 121 Å². The molecule has 0 spiro atoms. The lowest BCUT2D eigenvalue weighted by molar-refractivity contribution is 1.16. The van der Waals surface area contributed by atoms with E-state index in [1.54, 1.807) is 0 Å². The van der Waals surface area contributed by atoms with Crippen LogP contribution in [0.2, 0.25) is 10.0 Å². The quantitative estimate of drug-likeness (QED) is 0.181. The first kappa shape index (κ1) is 28.7. The lowest BCUT2D eigenvalue weighted by atomic mass is 9.33. The van der Waals surface area contributed by atoms with Gasteiger partial charge in [0.25, 0.3) is 0 Å². The molecule has 0 radical (unpaired) electrons. The van der Waals surface area contributed by atoms with Gasteiger partial charge < -0.3 is 4.57 Å². The molecule has 0 saturated carbocycles. The Morgan fingerprint density at radius 3 is 1.14 bits per heavy atom. The molecule has 1 nitrogen and oxygen atoms in total. The van der Waals surface area contributed by atoms with Crippen LogP contribution >= 0.6 is 23.2 Å². The lowest BCUT2D eigenvalue weighted by Gasteiger charge is -2.27. The number of aryl methyl sites for hydroxylation is 8. The van der Waals surface area contributed by atoms with E-state index in [0.29, 0.717) is 0 Å². The summed E-state index contributed by atoms with van der Waals surface area (Å²) in [6, 6.07) is 26.3. The van der Waals surface area contributed by atoms with Gasteiger partial charge in [-0.1, -0.05) is 120 Å². The van der Waals surface area contributed by atoms with Crippen molar-refractivity contribution in [3.05, 3.63) is 127 Å². The normalized spacial score (nSPS) is 11.6. The third-order valence-electron chi connectivity index (χ3n) is 8.87. The van der Waals surface area contributed by atoms with Gasteiger partial charge in [-0.3, -0.25) is 0 Å². The predicted molar refractivity (Wildman–Crippen MR) is 186 cm³/mol. The summed E-state index contributed by atoms with van der Waals surface area (Å²) in [5.74, 6) is 0. The number of benzene rings is 5. The zero-order chi connectivity index (χ0) is 30.0. The summed E-state index contributed by atoms with van der Waals surface area (Å²) in [4.78, 5) is 0. The summed E-state index contributed by atoms with van der Waals surface area (Å²) in [6.45, 7) is 18.1. The standard InChI is InChI=1S/C38H36BCl2N/c1-21-13-23(3)36(24(4)14-21)39(37-25(5)15-22(2)16-26(37)6)38-27(7)17-31(18-28(38)8)42-34-19-29(40)9-11-32(34)33-12-10-30(41)20-35(33)42/h9-20H,1-8H3. The van der Waals surface area contributed by atoms with Gasteiger partial charge >= 0.3 is 0 Å². The average molecular weight is 588 g/mol. The fourth-order valence-corrected chi connectivity index (χ4v) is 7.84. The molecule has 1 heterocycles. The van der Waals surface area contributed by atoms with Crippen molar-refractivity contribution < 1.29 is 0 Å². The second-order valence-corrected chi connectivity index (χ2v) is 13.1. The Kier molecular flexibility index (Phi) is 7.28. The van der Waals surface area contributed by atoms with Crippen LogP contribution in [0.15, 0.2) is 72.8 Å². The van der Waals surface area contributed by atoms with Gasteiger partial charge in [-0.25, -0.2) is 0 Å². The number of hydrogen-bond acceptors (Lipinski definition) is 0. The van der Waals surface area contributed by atoms with Crippen molar-refractivity contribution in [3.8, 4) is 5.69 Å². The van der Waals surface area contributed by atoms with Crippen molar-refractivity contribution in [3.63, 3.8) is 0 Å². The molecule has 0 bridgehead atoms. The number of aromatic nitrogens is 1. The SMILES string of the molecule is Cc1cc(C)c(B(c2c(C)cc(C)cc2C)c2c(C)cc(-n3c4cc(Cl)ccc4c4ccc(Cl)cc43)cc2C)c(C)c1. The van der Waals surface area contributed by atoms with Gasteiger partial charge in [-0.15, -0.1) is 0 Å². The maximum absolute atomic E-state index is 6.54. The highest BCUT2D eigenvalue weighted by atomic mass is 35.5. The second-order valence-electron chi connectivity index (χ2n) is 12.2. The predicted octanol–water partition coefficient (Wildman–Crippen LogP) is 9.07. The Morgan fingerprint density at radius 1 is 0.452 bits per heavy atom. The van der Waals surface area contributed by atoms with Gasteiger partial charge in [0.05, 0.1) is 11.0 Å². The first-order chi connectivity index (χ1) is 19.9. The van der Waals surface area contributed by atoms with Crippen molar-refractivity contribution in [2.24, 2.45) is 0 Å². The van der Waals surface area contributed by atoms with Crippen LogP contribution in [-0.4, -0.2) is 11.3 Å². The molecule has 0 N–H and O–H groups in total. The molecule has 210 valence electrons. The average Bonchev–Trinajstić information content (AvgIpc) is 3.19. The molecule has 0 atom stereocenters. The summed E-state index contributed by atoms with van der Waals surface area (Å²) >= 11 is 13.1. The fraction of sp³-hybridized carbons (Fsp3) is 0.211. The highest BCUT2D eigenvalue weighted by molar-refractivity contribution is 6.97. The molecule has 0 aliphatic carbocycles. The van der Waals surface area contributed by atoms with Gasteiger partial charge in [0, 0.05) is 26.5 Å². The molecule has 0 saturated heterocycles. The Hall–Kier alpha value is -3.46. The number of halogens is 2. The fourth-order valence-electron chi connectivity index (χ4n) is 7.51. The van der Waals surface area contributed by atoms with Gasteiger partial charge in [-0.2, -0.15) is 0 Å². The number of rotatable bonds is 4. The van der Waals surface area contributed by atoms with Crippen molar-refractivity contribution in [1.82, 2.24) is 4.57 Å².